The van der Waals surface area contributed by atoms with E-state index in [1.165, 1.54) is 0 Å². The number of halogens is 5. The highest BCUT2D eigenvalue weighted by atomic mass is 32.2. The maximum atomic E-state index is 15.2. The van der Waals surface area contributed by atoms with Gasteiger partial charge in [-0.25, -0.2) is 22.0 Å². The van der Waals surface area contributed by atoms with Crippen LogP contribution in [0.1, 0.15) is 30.4 Å². The lowest BCUT2D eigenvalue weighted by Crippen LogP contribution is -2.53. The van der Waals surface area contributed by atoms with Gasteiger partial charge in [-0.05, 0) is 61.6 Å². The molecule has 0 bridgehead atoms. The smallest absolute Gasteiger partial charge is 0.416 e. The molecule has 2 aromatic rings. The van der Waals surface area contributed by atoms with E-state index in [1.54, 1.807) is 0 Å². The summed E-state index contributed by atoms with van der Waals surface area (Å²) < 4.78 is 100. The number of hydrogen-bond donors (Lipinski definition) is 2. The van der Waals surface area contributed by atoms with Crippen LogP contribution in [0, 0.1) is 23.5 Å². The largest absolute Gasteiger partial charge is 0.490 e. The molecule has 0 spiro atoms. The van der Waals surface area contributed by atoms with Crippen LogP contribution in [0.4, 0.5) is 26.7 Å². The Bertz CT molecular complexity index is 1220. The number of carbonyl (C=O) groups is 1. The minimum atomic E-state index is -4.67. The van der Waals surface area contributed by atoms with Gasteiger partial charge in [-0.1, -0.05) is 0 Å². The van der Waals surface area contributed by atoms with Crippen molar-refractivity contribution in [2.45, 2.75) is 35.1 Å². The van der Waals surface area contributed by atoms with E-state index in [0.717, 1.165) is 24.3 Å². The molecule has 34 heavy (non-hydrogen) atoms. The first-order chi connectivity index (χ1) is 15.9. The van der Waals surface area contributed by atoms with Crippen molar-refractivity contribution in [2.24, 2.45) is 17.6 Å². The van der Waals surface area contributed by atoms with Gasteiger partial charge >= 0.3 is 12.2 Å². The first kappa shape index (κ1) is 24.2. The summed E-state index contributed by atoms with van der Waals surface area (Å²) in [7, 11) is -4.52. The zero-order valence-electron chi connectivity index (χ0n) is 17.7. The Hall–Kier alpha value is -2.89. The van der Waals surface area contributed by atoms with Crippen LogP contribution in [0.3, 0.4) is 0 Å². The molecule has 4 rings (SSSR count). The minimum absolute atomic E-state index is 0.150. The summed E-state index contributed by atoms with van der Waals surface area (Å²) in [6.07, 6.45) is -4.43. The van der Waals surface area contributed by atoms with Crippen LogP contribution in [-0.2, 0) is 20.8 Å². The number of primary amides is 1. The Morgan fingerprint density at radius 3 is 2.38 bits per heavy atom. The number of nitrogens with one attached hydrogen (secondary N) is 1. The highest BCUT2D eigenvalue weighted by molar-refractivity contribution is 7.92. The summed E-state index contributed by atoms with van der Waals surface area (Å²) in [6.45, 7) is -0.0962. The lowest BCUT2D eigenvalue weighted by atomic mass is 9.69. The predicted octanol–water partition coefficient (Wildman–Crippen LogP) is 4.13. The summed E-state index contributed by atoms with van der Waals surface area (Å²) in [4.78, 5) is 10.7. The number of amides is 2. The van der Waals surface area contributed by atoms with E-state index in [9.17, 15) is 30.8 Å². The Balaban J connectivity index is 1.85. The molecule has 3 N–H and O–H groups in total. The van der Waals surface area contributed by atoms with E-state index in [0.29, 0.717) is 12.1 Å². The van der Waals surface area contributed by atoms with Crippen molar-refractivity contribution < 1.29 is 39.9 Å². The lowest BCUT2D eigenvalue weighted by molar-refractivity contribution is -0.137. The number of nitrogens with two attached hydrogens (primary N) is 1. The zero-order chi connectivity index (χ0) is 24.9. The highest BCUT2D eigenvalue weighted by Gasteiger charge is 2.59. The molecule has 0 radical (unpaired) electrons. The second-order valence-electron chi connectivity index (χ2n) is 8.54. The monoisotopic (exact) mass is 504 g/mol. The summed E-state index contributed by atoms with van der Waals surface area (Å²) in [5.74, 6) is -3.49. The van der Waals surface area contributed by atoms with E-state index >= 15 is 4.39 Å². The molecule has 1 aliphatic carbocycles. The average Bonchev–Trinajstić information content (AvgIpc) is 2.78. The third-order valence-corrected chi connectivity index (χ3v) is 9.24. The number of fused-ring (bicyclic) bond motifs is 3. The number of alkyl halides is 3. The van der Waals surface area contributed by atoms with Crippen molar-refractivity contribution in [3.63, 3.8) is 0 Å². The first-order valence-electron chi connectivity index (χ1n) is 10.4. The lowest BCUT2D eigenvalue weighted by Gasteiger charge is -2.49. The molecule has 2 aromatic carbocycles. The maximum absolute atomic E-state index is 15.2. The standard InChI is InChI=1S/C22H21F5N2O4S/c23-16-5-6-17(24)19-18(16)21(8-7-12(10-29-20(28)30)9-14(21)11-33-19)34(31,32)15-3-1-13(2-4-15)22(25,26)27/h1-6,12,14H,7-11H2,(H3,28,29,30)/t12-,14?,21+/m1/s1. The van der Waals surface area contributed by atoms with Gasteiger partial charge in [-0.3, -0.25) is 0 Å². The van der Waals surface area contributed by atoms with E-state index in [2.05, 4.69) is 5.32 Å². The van der Waals surface area contributed by atoms with Crippen molar-refractivity contribution in [3.8, 4) is 5.75 Å². The summed E-state index contributed by atoms with van der Waals surface area (Å²) in [5, 5.41) is 2.46. The molecule has 1 aliphatic heterocycles. The molecule has 1 heterocycles. The topological polar surface area (TPSA) is 98.5 Å². The number of urea groups is 1. The molecule has 1 unspecified atom stereocenters. The van der Waals surface area contributed by atoms with Crippen LogP contribution in [0.5, 0.6) is 5.75 Å². The Labute approximate surface area is 192 Å². The van der Waals surface area contributed by atoms with E-state index in [-0.39, 0.29) is 38.3 Å². The zero-order valence-corrected chi connectivity index (χ0v) is 18.5. The summed E-state index contributed by atoms with van der Waals surface area (Å²) in [6, 6.07) is 3.83. The van der Waals surface area contributed by atoms with Gasteiger partial charge < -0.3 is 15.8 Å². The van der Waals surface area contributed by atoms with E-state index < -0.39 is 66.1 Å². The van der Waals surface area contributed by atoms with Crippen LogP contribution in [0.25, 0.3) is 0 Å². The second kappa shape index (κ2) is 8.40. The number of hydrogen-bond acceptors (Lipinski definition) is 4. The van der Waals surface area contributed by atoms with Crippen LogP contribution >= 0.6 is 0 Å². The minimum Gasteiger partial charge on any atom is -0.490 e. The number of rotatable bonds is 4. The summed E-state index contributed by atoms with van der Waals surface area (Å²) in [5.41, 5.74) is 3.62. The highest BCUT2D eigenvalue weighted by Crippen LogP contribution is 2.57. The van der Waals surface area contributed by atoms with Gasteiger partial charge in [0.25, 0.3) is 0 Å². The van der Waals surface area contributed by atoms with Gasteiger partial charge in [0.15, 0.2) is 21.4 Å². The average molecular weight is 504 g/mol. The maximum Gasteiger partial charge on any atom is 0.416 e. The van der Waals surface area contributed by atoms with Gasteiger partial charge in [-0.15, -0.1) is 0 Å². The van der Waals surface area contributed by atoms with Crippen LogP contribution in [0.2, 0.25) is 0 Å². The number of ether oxygens (including phenoxy) is 1. The van der Waals surface area contributed by atoms with Crippen molar-refractivity contribution in [3.05, 3.63) is 59.2 Å². The van der Waals surface area contributed by atoms with Gasteiger partial charge in [0, 0.05) is 12.5 Å². The molecular weight excluding hydrogens is 483 g/mol. The van der Waals surface area contributed by atoms with Gasteiger partial charge in [0.1, 0.15) is 10.6 Å². The molecule has 1 fully saturated rings. The molecule has 0 aromatic heterocycles. The fraction of sp³-hybridized carbons (Fsp3) is 0.409. The van der Waals surface area contributed by atoms with Gasteiger partial charge in [0.05, 0.1) is 22.6 Å². The molecule has 3 atom stereocenters. The molecule has 12 heteroatoms. The Kier molecular flexibility index (Phi) is 5.99. The van der Waals surface area contributed by atoms with Gasteiger partial charge in [-0.2, -0.15) is 13.2 Å². The first-order valence-corrected chi connectivity index (χ1v) is 11.9. The number of carbonyl (C=O) groups excluding carboxylic acids is 1. The van der Waals surface area contributed by atoms with Crippen LogP contribution in [0.15, 0.2) is 41.3 Å². The SMILES string of the molecule is NC(=O)NC[C@@H]1CC[C@@]2(S(=O)(=O)c3ccc(C(F)(F)F)cc3)c3c(F)ccc(F)c3OCC2C1. The third kappa shape index (κ3) is 3.87. The van der Waals surface area contributed by atoms with E-state index in [1.807, 2.05) is 0 Å². The molecule has 2 amide bonds. The van der Waals surface area contributed by atoms with Crippen LogP contribution < -0.4 is 15.8 Å². The predicted molar refractivity (Wildman–Crippen MR) is 111 cm³/mol. The Morgan fingerprint density at radius 2 is 1.76 bits per heavy atom. The third-order valence-electron chi connectivity index (χ3n) is 6.65. The summed E-state index contributed by atoms with van der Waals surface area (Å²) >= 11 is 0. The quantitative estimate of drug-likeness (QED) is 0.612. The van der Waals surface area contributed by atoms with Crippen LogP contribution in [-0.4, -0.2) is 27.6 Å². The second-order valence-corrected chi connectivity index (χ2v) is 10.7. The molecule has 0 saturated heterocycles. The normalized spacial score (nSPS) is 24.5. The van der Waals surface area contributed by atoms with Crippen molar-refractivity contribution >= 4 is 15.9 Å². The molecule has 2 aliphatic rings. The fourth-order valence-electron chi connectivity index (χ4n) is 5.07. The van der Waals surface area contributed by atoms with Crippen molar-refractivity contribution in [2.75, 3.05) is 13.2 Å². The number of sulfone groups is 1. The number of benzene rings is 2. The van der Waals surface area contributed by atoms with Crippen molar-refractivity contribution in [1.29, 1.82) is 0 Å². The molecule has 6 nitrogen and oxygen atoms in total. The Morgan fingerprint density at radius 1 is 1.12 bits per heavy atom. The van der Waals surface area contributed by atoms with Crippen molar-refractivity contribution in [1.82, 2.24) is 5.32 Å². The van der Waals surface area contributed by atoms with E-state index in [4.69, 9.17) is 10.5 Å². The fourth-order valence-corrected chi connectivity index (χ4v) is 7.43. The van der Waals surface area contributed by atoms with Gasteiger partial charge in [0.2, 0.25) is 0 Å². The molecule has 1 saturated carbocycles. The molecular formula is C22H21F5N2O4S. The molecule has 184 valence electrons.